The number of nitriles is 1. The number of amides is 1. The van der Waals surface area contributed by atoms with Gasteiger partial charge < -0.3 is 10.6 Å². The summed E-state index contributed by atoms with van der Waals surface area (Å²) in [5.41, 5.74) is 2.25. The number of nitrogens with zero attached hydrogens (tertiary/aromatic N) is 1. The number of aryl methyl sites for hydroxylation is 1. The summed E-state index contributed by atoms with van der Waals surface area (Å²) in [5, 5.41) is 15.4. The highest BCUT2D eigenvalue weighted by molar-refractivity contribution is 5.85. The van der Waals surface area contributed by atoms with Crippen LogP contribution in [0.5, 0.6) is 0 Å². The van der Waals surface area contributed by atoms with Gasteiger partial charge in [-0.05, 0) is 38.3 Å². The van der Waals surface area contributed by atoms with Crippen molar-refractivity contribution in [3.05, 3.63) is 29.3 Å². The summed E-state index contributed by atoms with van der Waals surface area (Å²) in [6.07, 6.45) is 4.55. The van der Waals surface area contributed by atoms with Gasteiger partial charge in [0.1, 0.15) is 12.1 Å². The highest BCUT2D eigenvalue weighted by Gasteiger charge is 2.21. The molecule has 4 heteroatoms. The maximum atomic E-state index is 12.1. The summed E-state index contributed by atoms with van der Waals surface area (Å²) in [6, 6.07) is 7.79. The van der Waals surface area contributed by atoms with Crippen molar-refractivity contribution in [2.24, 2.45) is 0 Å². The Hall–Kier alpha value is -2.02. The monoisotopic (exact) mass is 271 g/mol. The molecule has 106 valence electrons. The van der Waals surface area contributed by atoms with Gasteiger partial charge in [-0.25, -0.2) is 0 Å². The van der Waals surface area contributed by atoms with Crippen LogP contribution in [0.2, 0.25) is 0 Å². The van der Waals surface area contributed by atoms with Crippen molar-refractivity contribution in [1.29, 1.82) is 5.26 Å². The first kappa shape index (κ1) is 14.4. The Morgan fingerprint density at radius 1 is 1.40 bits per heavy atom. The van der Waals surface area contributed by atoms with Gasteiger partial charge in [-0.15, -0.1) is 0 Å². The van der Waals surface area contributed by atoms with Gasteiger partial charge in [0.15, 0.2) is 0 Å². The van der Waals surface area contributed by atoms with Crippen LogP contribution in [0.15, 0.2) is 18.2 Å². The number of carbonyl (C=O) groups is 1. The summed E-state index contributed by atoms with van der Waals surface area (Å²) >= 11 is 0. The molecule has 1 aliphatic carbocycles. The van der Waals surface area contributed by atoms with Crippen LogP contribution in [0.1, 0.15) is 43.7 Å². The molecule has 1 atom stereocenters. The quantitative estimate of drug-likeness (QED) is 0.885. The molecule has 0 radical (unpaired) electrons. The molecule has 1 amide bonds. The number of benzene rings is 1. The summed E-state index contributed by atoms with van der Waals surface area (Å²) < 4.78 is 0. The molecular formula is C16H21N3O. The standard InChI is InChI=1S/C16H21N3O/c1-11-6-5-9-15(14(11)10-17)18-12(2)16(20)19-13-7-3-4-8-13/h5-6,9,12-13,18H,3-4,7-8H2,1-2H3,(H,19,20). The van der Waals surface area contributed by atoms with Crippen LogP contribution in [0.3, 0.4) is 0 Å². The second-order valence-corrected chi connectivity index (χ2v) is 5.47. The van der Waals surface area contributed by atoms with E-state index in [-0.39, 0.29) is 11.9 Å². The van der Waals surface area contributed by atoms with Gasteiger partial charge in [0.05, 0.1) is 11.3 Å². The third kappa shape index (κ3) is 3.30. The lowest BCUT2D eigenvalue weighted by Crippen LogP contribution is -2.42. The first-order valence-corrected chi connectivity index (χ1v) is 7.18. The van der Waals surface area contributed by atoms with Crippen LogP contribution < -0.4 is 10.6 Å². The summed E-state index contributed by atoms with van der Waals surface area (Å²) in [7, 11) is 0. The van der Waals surface area contributed by atoms with Crippen LogP contribution >= 0.6 is 0 Å². The molecule has 1 unspecified atom stereocenters. The van der Waals surface area contributed by atoms with Crippen molar-refractivity contribution in [3.63, 3.8) is 0 Å². The Labute approximate surface area is 120 Å². The zero-order valence-corrected chi connectivity index (χ0v) is 12.1. The first-order valence-electron chi connectivity index (χ1n) is 7.18. The molecule has 0 aromatic heterocycles. The number of hydrogen-bond donors (Lipinski definition) is 2. The van der Waals surface area contributed by atoms with Gasteiger partial charge in [0.2, 0.25) is 5.91 Å². The van der Waals surface area contributed by atoms with Crippen LogP contribution in [0, 0.1) is 18.3 Å². The van der Waals surface area contributed by atoms with E-state index in [0.29, 0.717) is 11.6 Å². The lowest BCUT2D eigenvalue weighted by molar-refractivity contribution is -0.122. The minimum absolute atomic E-state index is 0.00213. The molecule has 20 heavy (non-hydrogen) atoms. The summed E-state index contributed by atoms with van der Waals surface area (Å²) in [6.45, 7) is 3.72. The number of nitrogens with one attached hydrogen (secondary N) is 2. The molecular weight excluding hydrogens is 250 g/mol. The summed E-state index contributed by atoms with van der Waals surface area (Å²) in [4.78, 5) is 12.1. The second-order valence-electron chi connectivity index (χ2n) is 5.47. The Morgan fingerprint density at radius 3 is 2.75 bits per heavy atom. The van der Waals surface area contributed by atoms with E-state index in [1.165, 1.54) is 12.8 Å². The summed E-state index contributed by atoms with van der Waals surface area (Å²) in [5.74, 6) is 0.00213. The maximum absolute atomic E-state index is 12.1. The molecule has 2 rings (SSSR count). The van der Waals surface area contributed by atoms with Crippen LogP contribution in [0.4, 0.5) is 5.69 Å². The maximum Gasteiger partial charge on any atom is 0.242 e. The molecule has 1 aromatic rings. The van der Waals surface area contributed by atoms with Crippen molar-refractivity contribution < 1.29 is 4.79 Å². The van der Waals surface area contributed by atoms with Gasteiger partial charge in [0, 0.05) is 6.04 Å². The van der Waals surface area contributed by atoms with Gasteiger partial charge in [0.25, 0.3) is 0 Å². The second kappa shape index (κ2) is 6.42. The van der Waals surface area contributed by atoms with Crippen LogP contribution in [0.25, 0.3) is 0 Å². The minimum Gasteiger partial charge on any atom is -0.373 e. The van der Waals surface area contributed by atoms with Crippen LogP contribution in [-0.2, 0) is 4.79 Å². The molecule has 0 heterocycles. The fraction of sp³-hybridized carbons (Fsp3) is 0.500. The van der Waals surface area contributed by atoms with Crippen molar-refractivity contribution in [3.8, 4) is 6.07 Å². The first-order chi connectivity index (χ1) is 9.61. The number of anilines is 1. The van der Waals surface area contributed by atoms with Crippen molar-refractivity contribution in [2.45, 2.75) is 51.6 Å². The topological polar surface area (TPSA) is 64.9 Å². The Balaban J connectivity index is 2.00. The lowest BCUT2D eigenvalue weighted by Gasteiger charge is -2.19. The van der Waals surface area contributed by atoms with Crippen molar-refractivity contribution >= 4 is 11.6 Å². The minimum atomic E-state index is -0.343. The van der Waals surface area contributed by atoms with Crippen molar-refractivity contribution in [2.75, 3.05) is 5.32 Å². The molecule has 1 aliphatic rings. The average Bonchev–Trinajstić information content (AvgIpc) is 2.91. The van der Waals surface area contributed by atoms with Crippen molar-refractivity contribution in [1.82, 2.24) is 5.32 Å². The van der Waals surface area contributed by atoms with E-state index in [4.69, 9.17) is 0 Å². The highest BCUT2D eigenvalue weighted by atomic mass is 16.2. The average molecular weight is 271 g/mol. The fourth-order valence-corrected chi connectivity index (χ4v) is 2.63. The predicted octanol–water partition coefficient (Wildman–Crippen LogP) is 2.73. The fourth-order valence-electron chi connectivity index (χ4n) is 2.63. The molecule has 4 nitrogen and oxygen atoms in total. The molecule has 1 saturated carbocycles. The Kier molecular flexibility index (Phi) is 4.62. The SMILES string of the molecule is Cc1cccc(NC(C)C(=O)NC2CCCC2)c1C#N. The van der Waals surface area contributed by atoms with E-state index in [2.05, 4.69) is 16.7 Å². The number of carbonyl (C=O) groups excluding carboxylic acids is 1. The number of hydrogen-bond acceptors (Lipinski definition) is 3. The molecule has 1 aromatic carbocycles. The van der Waals surface area contributed by atoms with Gasteiger partial charge in [-0.3, -0.25) is 4.79 Å². The lowest BCUT2D eigenvalue weighted by atomic mass is 10.1. The van der Waals surface area contributed by atoms with Gasteiger partial charge in [-0.1, -0.05) is 25.0 Å². The largest absolute Gasteiger partial charge is 0.373 e. The molecule has 1 fully saturated rings. The van der Waals surface area contributed by atoms with E-state index in [9.17, 15) is 10.1 Å². The highest BCUT2D eigenvalue weighted by Crippen LogP contribution is 2.20. The molecule has 0 aliphatic heterocycles. The molecule has 0 saturated heterocycles. The van der Waals surface area contributed by atoms with E-state index in [1.54, 1.807) is 0 Å². The zero-order chi connectivity index (χ0) is 14.5. The number of rotatable bonds is 4. The third-order valence-corrected chi connectivity index (χ3v) is 3.85. The Morgan fingerprint density at radius 2 is 2.10 bits per heavy atom. The van der Waals surface area contributed by atoms with Gasteiger partial charge >= 0.3 is 0 Å². The zero-order valence-electron chi connectivity index (χ0n) is 12.1. The molecule has 0 bridgehead atoms. The third-order valence-electron chi connectivity index (χ3n) is 3.85. The smallest absolute Gasteiger partial charge is 0.242 e. The van der Waals surface area contributed by atoms with E-state index < -0.39 is 0 Å². The predicted molar refractivity (Wildman–Crippen MR) is 79.4 cm³/mol. The van der Waals surface area contributed by atoms with E-state index >= 15 is 0 Å². The van der Waals surface area contributed by atoms with Crippen LogP contribution in [-0.4, -0.2) is 18.0 Å². The van der Waals surface area contributed by atoms with E-state index in [0.717, 1.165) is 24.1 Å². The normalized spacial score (nSPS) is 16.4. The van der Waals surface area contributed by atoms with E-state index in [1.807, 2.05) is 32.0 Å². The Bertz CT molecular complexity index is 527. The van der Waals surface area contributed by atoms with Gasteiger partial charge in [-0.2, -0.15) is 5.26 Å². The molecule has 0 spiro atoms. The molecule has 2 N–H and O–H groups in total.